The highest BCUT2D eigenvalue weighted by Gasteiger charge is 2.12. The first-order chi connectivity index (χ1) is 11.8. The lowest BCUT2D eigenvalue weighted by molar-refractivity contribution is -0.122. The molecule has 2 aromatic carbocycles. The van der Waals surface area contributed by atoms with Gasteiger partial charge in [-0.15, -0.1) is 0 Å². The van der Waals surface area contributed by atoms with Crippen molar-refractivity contribution in [3.8, 4) is 11.5 Å². The van der Waals surface area contributed by atoms with Gasteiger partial charge in [0.2, 0.25) is 6.79 Å². The number of ether oxygens (including phenoxy) is 2. The van der Waals surface area contributed by atoms with E-state index < -0.39 is 0 Å². The van der Waals surface area contributed by atoms with Crippen molar-refractivity contribution in [1.29, 1.82) is 0 Å². The Kier molecular flexibility index (Phi) is 3.54. The second-order valence-electron chi connectivity index (χ2n) is 5.12. The van der Waals surface area contributed by atoms with Crippen molar-refractivity contribution in [2.45, 2.75) is 6.54 Å². The van der Waals surface area contributed by atoms with E-state index in [-0.39, 0.29) is 19.2 Å². The van der Waals surface area contributed by atoms with Gasteiger partial charge in [0.25, 0.3) is 5.91 Å². The molecule has 0 aliphatic carbocycles. The topological polar surface area (TPSA) is 90.6 Å². The maximum Gasteiger partial charge on any atom is 0.263 e. The lowest BCUT2D eigenvalue weighted by Gasteiger charge is -1.99. The molecule has 0 radical (unpaired) electrons. The molecule has 0 atom stereocenters. The zero-order valence-electron chi connectivity index (χ0n) is 12.5. The van der Waals surface area contributed by atoms with Gasteiger partial charge in [-0.3, -0.25) is 4.79 Å². The predicted molar refractivity (Wildman–Crippen MR) is 85.8 cm³/mol. The Morgan fingerprint density at radius 3 is 2.71 bits per heavy atom. The van der Waals surface area contributed by atoms with Crippen LogP contribution in [0, 0.1) is 0 Å². The second kappa shape index (κ2) is 5.99. The molecule has 0 saturated heterocycles. The largest absolute Gasteiger partial charge is 0.454 e. The third-order valence-electron chi connectivity index (χ3n) is 3.41. The number of carbonyl (C=O) groups is 1. The molecule has 24 heavy (non-hydrogen) atoms. The summed E-state index contributed by atoms with van der Waals surface area (Å²) in [7, 11) is 0. The second-order valence-corrected chi connectivity index (χ2v) is 5.12. The average molecular weight is 323 g/mol. The minimum Gasteiger partial charge on any atom is -0.454 e. The van der Waals surface area contributed by atoms with Crippen LogP contribution in [0.1, 0.15) is 5.56 Å². The first kappa shape index (κ1) is 14.2. The van der Waals surface area contributed by atoms with E-state index in [1.165, 1.54) is 11.0 Å². The molecule has 4 rings (SSSR count). The number of nitrogens with one attached hydrogen (secondary N) is 1. The van der Waals surface area contributed by atoms with Crippen LogP contribution in [0.2, 0.25) is 0 Å². The molecule has 2 heterocycles. The van der Waals surface area contributed by atoms with Crippen LogP contribution in [0.3, 0.4) is 0 Å². The van der Waals surface area contributed by atoms with Crippen LogP contribution in [0.25, 0.3) is 11.0 Å². The third kappa shape index (κ3) is 2.89. The van der Waals surface area contributed by atoms with Gasteiger partial charge in [0, 0.05) is 0 Å². The molecule has 0 spiro atoms. The van der Waals surface area contributed by atoms with E-state index in [2.05, 4.69) is 20.7 Å². The van der Waals surface area contributed by atoms with Crippen molar-refractivity contribution in [3.05, 3.63) is 48.0 Å². The molecule has 8 nitrogen and oxygen atoms in total. The number of hydrazone groups is 1. The molecular weight excluding hydrogens is 310 g/mol. The minimum absolute atomic E-state index is 0.00679. The summed E-state index contributed by atoms with van der Waals surface area (Å²) in [5, 5.41) is 12.4. The molecule has 0 unspecified atom stereocenters. The van der Waals surface area contributed by atoms with E-state index in [4.69, 9.17) is 9.47 Å². The third-order valence-corrected chi connectivity index (χ3v) is 3.41. The fraction of sp³-hybridized carbons (Fsp3) is 0.125. The van der Waals surface area contributed by atoms with Crippen molar-refractivity contribution in [1.82, 2.24) is 20.4 Å². The SMILES string of the molecule is O=C(Cn1nc2ccccc2n1)NN=Cc1ccc2c(c1)OCO2. The number of hydrogen-bond donors (Lipinski definition) is 1. The van der Waals surface area contributed by atoms with E-state index in [0.29, 0.717) is 11.5 Å². The van der Waals surface area contributed by atoms with Crippen LogP contribution in [0.15, 0.2) is 47.6 Å². The lowest BCUT2D eigenvalue weighted by atomic mass is 10.2. The Labute approximate surface area is 136 Å². The van der Waals surface area contributed by atoms with Crippen LogP contribution >= 0.6 is 0 Å². The number of carbonyl (C=O) groups excluding carboxylic acids is 1. The quantitative estimate of drug-likeness (QED) is 0.577. The summed E-state index contributed by atoms with van der Waals surface area (Å²) in [6.45, 7) is 0.213. The molecule has 1 aliphatic heterocycles. The Balaban J connectivity index is 1.37. The summed E-state index contributed by atoms with van der Waals surface area (Å²) in [6.07, 6.45) is 1.53. The summed E-state index contributed by atoms with van der Waals surface area (Å²) >= 11 is 0. The van der Waals surface area contributed by atoms with Crippen LogP contribution in [-0.2, 0) is 11.3 Å². The van der Waals surface area contributed by atoms with Gasteiger partial charge in [-0.2, -0.15) is 20.1 Å². The minimum atomic E-state index is -0.313. The Bertz CT molecular complexity index is 901. The average Bonchev–Trinajstić information content (AvgIpc) is 3.19. The molecule has 1 aliphatic rings. The first-order valence-electron chi connectivity index (χ1n) is 7.29. The Hall–Kier alpha value is -3.42. The van der Waals surface area contributed by atoms with Gasteiger partial charge < -0.3 is 9.47 Å². The van der Waals surface area contributed by atoms with E-state index in [9.17, 15) is 4.79 Å². The predicted octanol–water partition coefficient (Wildman–Crippen LogP) is 1.31. The number of benzene rings is 2. The lowest BCUT2D eigenvalue weighted by Crippen LogP contribution is -2.24. The number of nitrogens with zero attached hydrogens (tertiary/aromatic N) is 4. The van der Waals surface area contributed by atoms with Gasteiger partial charge in [0.1, 0.15) is 17.6 Å². The highest BCUT2D eigenvalue weighted by Crippen LogP contribution is 2.31. The summed E-state index contributed by atoms with van der Waals surface area (Å²) in [6, 6.07) is 12.8. The van der Waals surface area contributed by atoms with Crippen molar-refractivity contribution in [3.63, 3.8) is 0 Å². The fourth-order valence-corrected chi connectivity index (χ4v) is 2.31. The van der Waals surface area contributed by atoms with Crippen LogP contribution in [0.5, 0.6) is 11.5 Å². The smallest absolute Gasteiger partial charge is 0.263 e. The molecule has 120 valence electrons. The van der Waals surface area contributed by atoms with Crippen LogP contribution < -0.4 is 14.9 Å². The van der Waals surface area contributed by atoms with Gasteiger partial charge in [0.05, 0.1) is 6.21 Å². The highest BCUT2D eigenvalue weighted by molar-refractivity contribution is 5.83. The molecule has 3 aromatic rings. The summed E-state index contributed by atoms with van der Waals surface area (Å²) in [4.78, 5) is 13.2. The first-order valence-corrected chi connectivity index (χ1v) is 7.29. The van der Waals surface area contributed by atoms with E-state index in [1.807, 2.05) is 30.3 Å². The van der Waals surface area contributed by atoms with Crippen molar-refractivity contribution >= 4 is 23.2 Å². The number of fused-ring (bicyclic) bond motifs is 2. The standard InChI is InChI=1S/C16H13N5O3/c22-16(9-21-19-12-3-1-2-4-13(12)20-21)18-17-8-11-5-6-14-15(7-11)24-10-23-14/h1-8H,9-10H2,(H,18,22). The number of amides is 1. The van der Waals surface area contributed by atoms with E-state index in [0.717, 1.165) is 16.6 Å². The molecule has 1 aromatic heterocycles. The van der Waals surface area contributed by atoms with Gasteiger partial charge in [-0.25, -0.2) is 5.43 Å². The Morgan fingerprint density at radius 1 is 1.17 bits per heavy atom. The Morgan fingerprint density at radius 2 is 1.92 bits per heavy atom. The number of aromatic nitrogens is 3. The summed E-state index contributed by atoms with van der Waals surface area (Å²) < 4.78 is 10.5. The molecule has 0 fully saturated rings. The summed E-state index contributed by atoms with van der Waals surface area (Å²) in [5.41, 5.74) is 4.73. The zero-order valence-corrected chi connectivity index (χ0v) is 12.5. The van der Waals surface area contributed by atoms with E-state index >= 15 is 0 Å². The molecule has 1 N–H and O–H groups in total. The highest BCUT2D eigenvalue weighted by atomic mass is 16.7. The zero-order chi connectivity index (χ0) is 16.4. The van der Waals surface area contributed by atoms with Crippen molar-refractivity contribution < 1.29 is 14.3 Å². The number of rotatable bonds is 4. The van der Waals surface area contributed by atoms with Gasteiger partial charge in [-0.1, -0.05) is 12.1 Å². The van der Waals surface area contributed by atoms with Gasteiger partial charge >= 0.3 is 0 Å². The van der Waals surface area contributed by atoms with Crippen molar-refractivity contribution in [2.24, 2.45) is 5.10 Å². The maximum atomic E-state index is 11.9. The maximum absolute atomic E-state index is 11.9. The van der Waals surface area contributed by atoms with E-state index in [1.54, 1.807) is 12.1 Å². The fourth-order valence-electron chi connectivity index (χ4n) is 2.31. The van der Waals surface area contributed by atoms with Crippen LogP contribution in [-0.4, -0.2) is 33.9 Å². The monoisotopic (exact) mass is 323 g/mol. The number of hydrogen-bond acceptors (Lipinski definition) is 6. The van der Waals surface area contributed by atoms with Crippen LogP contribution in [0.4, 0.5) is 0 Å². The van der Waals surface area contributed by atoms with Crippen molar-refractivity contribution in [2.75, 3.05) is 6.79 Å². The van der Waals surface area contributed by atoms with Gasteiger partial charge in [0.15, 0.2) is 11.5 Å². The molecule has 1 amide bonds. The summed E-state index contributed by atoms with van der Waals surface area (Å²) in [5.74, 6) is 1.05. The molecule has 8 heteroatoms. The normalized spacial score (nSPS) is 12.8. The molecule has 0 saturated carbocycles. The molecular formula is C16H13N5O3. The van der Waals surface area contributed by atoms with Gasteiger partial charge in [-0.05, 0) is 35.9 Å². The molecule has 0 bridgehead atoms.